The maximum atomic E-state index is 14.6. The Hall–Kier alpha value is -3.52. The zero-order valence-corrected chi connectivity index (χ0v) is 15.6. The lowest BCUT2D eigenvalue weighted by molar-refractivity contribution is 0.0224. The van der Waals surface area contributed by atoms with Crippen molar-refractivity contribution in [2.75, 3.05) is 12.8 Å². The van der Waals surface area contributed by atoms with E-state index in [-0.39, 0.29) is 23.6 Å². The molecule has 0 unspecified atom stereocenters. The third kappa shape index (κ3) is 4.85. The average Bonchev–Trinajstić information content (AvgIpc) is 2.73. The molecule has 6 nitrogen and oxygen atoms in total. The van der Waals surface area contributed by atoms with Crippen molar-refractivity contribution in [3.05, 3.63) is 88.7 Å². The molecule has 0 saturated heterocycles. The van der Waals surface area contributed by atoms with Gasteiger partial charge in [0.2, 0.25) is 0 Å². The molecule has 1 heterocycles. The Labute approximate surface area is 166 Å². The Morgan fingerprint density at radius 3 is 2.55 bits per heavy atom. The predicted molar refractivity (Wildman–Crippen MR) is 103 cm³/mol. The normalized spacial score (nSPS) is 10.6. The maximum absolute atomic E-state index is 14.6. The summed E-state index contributed by atoms with van der Waals surface area (Å²) in [5, 5.41) is 0. The summed E-state index contributed by atoms with van der Waals surface area (Å²) < 4.78 is 32.9. The fraction of sp³-hybridized carbons (Fsp3) is 0.143. The van der Waals surface area contributed by atoms with Crippen LogP contribution in [0.2, 0.25) is 0 Å². The number of carbonyl (C=O) groups excluding carboxylic acids is 1. The van der Waals surface area contributed by atoms with Crippen LogP contribution in [0.15, 0.2) is 54.9 Å². The quantitative estimate of drug-likeness (QED) is 0.470. The highest BCUT2D eigenvalue weighted by Gasteiger charge is 2.17. The molecule has 0 atom stereocenters. The van der Waals surface area contributed by atoms with Crippen LogP contribution in [0.1, 0.15) is 27.0 Å². The van der Waals surface area contributed by atoms with E-state index < -0.39 is 17.5 Å². The van der Waals surface area contributed by atoms with Crippen molar-refractivity contribution >= 4 is 11.6 Å². The van der Waals surface area contributed by atoms with Crippen LogP contribution in [0.4, 0.5) is 14.5 Å². The minimum atomic E-state index is -0.822. The summed E-state index contributed by atoms with van der Waals surface area (Å²) in [7, 11) is 1.39. The highest BCUT2D eigenvalue weighted by atomic mass is 19.1. The van der Waals surface area contributed by atoms with Crippen LogP contribution in [-0.4, -0.2) is 18.0 Å². The number of ether oxygens (including phenoxy) is 1. The predicted octanol–water partition coefficient (Wildman–Crippen LogP) is 3.40. The number of anilines is 1. The van der Waals surface area contributed by atoms with E-state index in [2.05, 4.69) is 10.5 Å². The number of hydrogen-bond acceptors (Lipinski definition) is 5. The van der Waals surface area contributed by atoms with Gasteiger partial charge < -0.3 is 10.5 Å². The number of hydroxylamine groups is 1. The van der Waals surface area contributed by atoms with Gasteiger partial charge in [-0.3, -0.25) is 14.6 Å². The standard InChI is InChI=1S/C21H19F2N3O3/c1-28-18-11-16(22)4-2-15(18)12-29-26-21(27)17-5-3-14(20(24)19(17)23)10-13-6-8-25-9-7-13/h2-9,11H,10,12,24H2,1H3,(H,26,27). The van der Waals surface area contributed by atoms with Gasteiger partial charge in [0.25, 0.3) is 5.91 Å². The Bertz CT molecular complexity index is 1010. The number of nitrogens with one attached hydrogen (secondary N) is 1. The van der Waals surface area contributed by atoms with Crippen LogP contribution in [0.5, 0.6) is 5.75 Å². The molecule has 0 aliphatic carbocycles. The second kappa shape index (κ2) is 9.11. The summed E-state index contributed by atoms with van der Waals surface area (Å²) in [5.41, 5.74) is 9.68. The van der Waals surface area contributed by atoms with Crippen molar-refractivity contribution in [2.24, 2.45) is 0 Å². The molecule has 0 aliphatic heterocycles. The molecule has 150 valence electrons. The molecule has 29 heavy (non-hydrogen) atoms. The first-order valence-corrected chi connectivity index (χ1v) is 8.70. The lowest BCUT2D eigenvalue weighted by Crippen LogP contribution is -2.25. The Balaban J connectivity index is 1.66. The molecule has 1 aromatic heterocycles. The van der Waals surface area contributed by atoms with Crippen LogP contribution in [0, 0.1) is 11.6 Å². The number of benzene rings is 2. The number of methoxy groups -OCH3 is 1. The SMILES string of the molecule is COc1cc(F)ccc1CONC(=O)c1ccc(Cc2ccncc2)c(N)c1F. The second-order valence-electron chi connectivity index (χ2n) is 6.21. The minimum Gasteiger partial charge on any atom is -0.496 e. The molecule has 0 aliphatic rings. The van der Waals surface area contributed by atoms with Gasteiger partial charge in [0.05, 0.1) is 18.4 Å². The number of hydrogen-bond donors (Lipinski definition) is 2. The van der Waals surface area contributed by atoms with Gasteiger partial charge in [-0.2, -0.15) is 0 Å². The van der Waals surface area contributed by atoms with E-state index in [1.54, 1.807) is 30.6 Å². The van der Waals surface area contributed by atoms with E-state index >= 15 is 0 Å². The molecule has 0 spiro atoms. The first-order valence-electron chi connectivity index (χ1n) is 8.70. The third-order valence-electron chi connectivity index (χ3n) is 4.30. The Morgan fingerprint density at radius 1 is 1.10 bits per heavy atom. The van der Waals surface area contributed by atoms with Crippen molar-refractivity contribution in [3.8, 4) is 5.75 Å². The number of halogens is 2. The summed E-state index contributed by atoms with van der Waals surface area (Å²) >= 11 is 0. The minimum absolute atomic E-state index is 0.0909. The van der Waals surface area contributed by atoms with Crippen LogP contribution in [0.25, 0.3) is 0 Å². The molecule has 3 N–H and O–H groups in total. The molecule has 3 rings (SSSR count). The molecule has 8 heteroatoms. The lowest BCUT2D eigenvalue weighted by atomic mass is 10.0. The van der Waals surface area contributed by atoms with E-state index in [0.29, 0.717) is 17.5 Å². The number of nitrogens with two attached hydrogens (primary N) is 1. The van der Waals surface area contributed by atoms with Gasteiger partial charge in [-0.05, 0) is 47.9 Å². The molecule has 0 bridgehead atoms. The maximum Gasteiger partial charge on any atom is 0.277 e. The number of rotatable bonds is 7. The largest absolute Gasteiger partial charge is 0.496 e. The van der Waals surface area contributed by atoms with Crippen molar-refractivity contribution in [2.45, 2.75) is 13.0 Å². The summed E-state index contributed by atoms with van der Waals surface area (Å²) in [6.07, 6.45) is 3.68. The van der Waals surface area contributed by atoms with Crippen molar-refractivity contribution in [1.29, 1.82) is 0 Å². The van der Waals surface area contributed by atoms with E-state index in [0.717, 1.165) is 5.56 Å². The van der Waals surface area contributed by atoms with Crippen LogP contribution in [0.3, 0.4) is 0 Å². The molecule has 0 radical (unpaired) electrons. The van der Waals surface area contributed by atoms with E-state index in [4.69, 9.17) is 15.3 Å². The highest BCUT2D eigenvalue weighted by Crippen LogP contribution is 2.23. The molecule has 3 aromatic rings. The number of carbonyl (C=O) groups is 1. The average molecular weight is 399 g/mol. The Kier molecular flexibility index (Phi) is 6.36. The zero-order chi connectivity index (χ0) is 20.8. The smallest absolute Gasteiger partial charge is 0.277 e. The number of pyridine rings is 1. The Morgan fingerprint density at radius 2 is 1.83 bits per heavy atom. The van der Waals surface area contributed by atoms with Crippen molar-refractivity contribution in [1.82, 2.24) is 10.5 Å². The molecule has 0 saturated carbocycles. The molecule has 0 fully saturated rings. The second-order valence-corrected chi connectivity index (χ2v) is 6.21. The van der Waals surface area contributed by atoms with Gasteiger partial charge in [-0.1, -0.05) is 6.07 Å². The summed E-state index contributed by atoms with van der Waals surface area (Å²) in [6.45, 7) is -0.0909. The van der Waals surface area contributed by atoms with E-state index in [1.165, 1.54) is 31.4 Å². The number of aromatic nitrogens is 1. The highest BCUT2D eigenvalue weighted by molar-refractivity contribution is 5.95. The van der Waals surface area contributed by atoms with Gasteiger partial charge >= 0.3 is 0 Å². The van der Waals surface area contributed by atoms with Gasteiger partial charge in [-0.25, -0.2) is 14.3 Å². The number of nitrogens with zero attached hydrogens (tertiary/aromatic N) is 1. The number of nitrogen functional groups attached to an aromatic ring is 1. The molecular weight excluding hydrogens is 380 g/mol. The fourth-order valence-corrected chi connectivity index (χ4v) is 2.75. The fourth-order valence-electron chi connectivity index (χ4n) is 2.75. The molecule has 1 amide bonds. The summed E-state index contributed by atoms with van der Waals surface area (Å²) in [4.78, 5) is 21.3. The summed E-state index contributed by atoms with van der Waals surface area (Å²) in [6, 6.07) is 10.4. The van der Waals surface area contributed by atoms with Crippen molar-refractivity contribution in [3.63, 3.8) is 0 Å². The first-order chi connectivity index (χ1) is 14.0. The van der Waals surface area contributed by atoms with E-state index in [1.807, 2.05) is 0 Å². The first kappa shape index (κ1) is 20.2. The van der Waals surface area contributed by atoms with Crippen LogP contribution in [-0.2, 0) is 17.9 Å². The number of amides is 1. The van der Waals surface area contributed by atoms with E-state index in [9.17, 15) is 13.6 Å². The zero-order valence-electron chi connectivity index (χ0n) is 15.6. The third-order valence-corrected chi connectivity index (χ3v) is 4.30. The van der Waals surface area contributed by atoms with Gasteiger partial charge in [0.1, 0.15) is 18.2 Å². The van der Waals surface area contributed by atoms with Crippen LogP contribution < -0.4 is 16.0 Å². The molecule has 2 aromatic carbocycles. The lowest BCUT2D eigenvalue weighted by Gasteiger charge is -2.12. The molecular formula is C21H19F2N3O3. The van der Waals surface area contributed by atoms with Gasteiger partial charge in [0.15, 0.2) is 5.82 Å². The monoisotopic (exact) mass is 399 g/mol. The van der Waals surface area contributed by atoms with Gasteiger partial charge in [0, 0.05) is 24.0 Å². The topological polar surface area (TPSA) is 86.5 Å². The summed E-state index contributed by atoms with van der Waals surface area (Å²) in [5.74, 6) is -1.79. The van der Waals surface area contributed by atoms with Crippen LogP contribution >= 0.6 is 0 Å². The van der Waals surface area contributed by atoms with Crippen molar-refractivity contribution < 1.29 is 23.1 Å². The van der Waals surface area contributed by atoms with Gasteiger partial charge in [-0.15, -0.1) is 0 Å².